The average Bonchev–Trinajstić information content (AvgIpc) is 3.47. The van der Waals surface area contributed by atoms with Gasteiger partial charge in [0.05, 0.1) is 10.6 Å². The number of nitrogens with zero attached hydrogens (tertiary/aromatic N) is 1. The monoisotopic (exact) mass is 479 g/mol. The summed E-state index contributed by atoms with van der Waals surface area (Å²) in [5.41, 5.74) is 1.60. The molecule has 7 nitrogen and oxygen atoms in total. The van der Waals surface area contributed by atoms with Gasteiger partial charge in [0.25, 0.3) is 5.91 Å². The predicted octanol–water partition coefficient (Wildman–Crippen LogP) is 4.41. The zero-order valence-corrected chi connectivity index (χ0v) is 18.5. The van der Waals surface area contributed by atoms with Gasteiger partial charge in [-0.05, 0) is 68.3 Å². The lowest BCUT2D eigenvalue weighted by atomic mass is 10.1. The number of carbonyl (C=O) groups excluding carboxylic acids is 1. The Morgan fingerprint density at radius 1 is 1.12 bits per heavy atom. The maximum Gasteiger partial charge on any atom is 0.387 e. The molecule has 0 saturated heterocycles. The molecule has 1 aliphatic rings. The smallest absolute Gasteiger partial charge is 0.387 e. The Balaban J connectivity index is 1.45. The third kappa shape index (κ3) is 5.29. The van der Waals surface area contributed by atoms with Crippen molar-refractivity contribution < 1.29 is 26.7 Å². The topological polar surface area (TPSA) is 97.4 Å². The van der Waals surface area contributed by atoms with Crippen LogP contribution in [0.15, 0.2) is 53.4 Å². The summed E-state index contributed by atoms with van der Waals surface area (Å²) in [7, 11) is -3.58. The lowest BCUT2D eigenvalue weighted by molar-refractivity contribution is -0.0498. The van der Waals surface area contributed by atoms with E-state index in [1.165, 1.54) is 47.7 Å². The van der Waals surface area contributed by atoms with E-state index in [9.17, 15) is 22.0 Å². The molecule has 0 aliphatic heterocycles. The van der Waals surface area contributed by atoms with Crippen molar-refractivity contribution in [3.8, 4) is 17.0 Å². The number of hydrogen-bond acceptors (Lipinski definition) is 6. The Morgan fingerprint density at radius 2 is 1.78 bits per heavy atom. The number of amides is 1. The molecule has 1 fully saturated rings. The molecule has 0 bridgehead atoms. The van der Waals surface area contributed by atoms with Gasteiger partial charge in [0.1, 0.15) is 5.75 Å². The number of ether oxygens (including phenoxy) is 1. The first kappa shape index (κ1) is 22.3. The molecule has 0 radical (unpaired) electrons. The van der Waals surface area contributed by atoms with Crippen LogP contribution in [0, 0.1) is 6.92 Å². The summed E-state index contributed by atoms with van der Waals surface area (Å²) in [5, 5.41) is 3.07. The van der Waals surface area contributed by atoms with E-state index in [1.54, 1.807) is 12.1 Å². The maximum absolute atomic E-state index is 12.6. The zero-order valence-electron chi connectivity index (χ0n) is 16.8. The Hall–Kier alpha value is -2.89. The molecular formula is C21H19F2N3O4S2. The van der Waals surface area contributed by atoms with E-state index in [0.717, 1.165) is 17.7 Å². The second kappa shape index (κ2) is 8.93. The molecule has 0 spiro atoms. The number of sulfonamides is 1. The van der Waals surface area contributed by atoms with Gasteiger partial charge in [-0.3, -0.25) is 10.1 Å². The van der Waals surface area contributed by atoms with Crippen LogP contribution in [0.1, 0.15) is 28.1 Å². The predicted molar refractivity (Wildman–Crippen MR) is 117 cm³/mol. The molecular weight excluding hydrogens is 460 g/mol. The number of aromatic nitrogens is 1. The summed E-state index contributed by atoms with van der Waals surface area (Å²) < 4.78 is 56.0. The molecule has 3 aromatic rings. The van der Waals surface area contributed by atoms with Crippen molar-refractivity contribution in [3.05, 3.63) is 59.0 Å². The van der Waals surface area contributed by atoms with Crippen molar-refractivity contribution in [2.75, 3.05) is 5.32 Å². The number of nitrogens with one attached hydrogen (secondary N) is 2. The van der Waals surface area contributed by atoms with Gasteiger partial charge in [-0.15, -0.1) is 11.3 Å². The highest BCUT2D eigenvalue weighted by atomic mass is 32.2. The highest BCUT2D eigenvalue weighted by molar-refractivity contribution is 7.89. The Kier molecular flexibility index (Phi) is 6.22. The number of anilines is 1. The summed E-state index contributed by atoms with van der Waals surface area (Å²) in [6, 6.07) is 11.7. The first-order valence-electron chi connectivity index (χ1n) is 9.68. The van der Waals surface area contributed by atoms with Gasteiger partial charge in [-0.1, -0.05) is 0 Å². The Bertz CT molecular complexity index is 1220. The molecule has 1 saturated carbocycles. The maximum atomic E-state index is 12.6. The minimum atomic E-state index is -3.58. The zero-order chi connectivity index (χ0) is 22.9. The normalized spacial score (nSPS) is 13.9. The fourth-order valence-electron chi connectivity index (χ4n) is 2.96. The van der Waals surface area contributed by atoms with E-state index in [4.69, 9.17) is 0 Å². The van der Waals surface area contributed by atoms with Crippen LogP contribution in [0.25, 0.3) is 11.3 Å². The molecule has 1 amide bonds. The largest absolute Gasteiger partial charge is 0.435 e. The van der Waals surface area contributed by atoms with Crippen LogP contribution in [0.4, 0.5) is 13.9 Å². The number of hydrogen-bond donors (Lipinski definition) is 2. The van der Waals surface area contributed by atoms with Gasteiger partial charge < -0.3 is 4.74 Å². The van der Waals surface area contributed by atoms with E-state index in [-0.39, 0.29) is 16.7 Å². The van der Waals surface area contributed by atoms with E-state index in [0.29, 0.717) is 22.0 Å². The van der Waals surface area contributed by atoms with Crippen molar-refractivity contribution in [1.82, 2.24) is 9.71 Å². The molecule has 11 heteroatoms. The third-order valence-corrected chi connectivity index (χ3v) is 7.12. The molecule has 0 atom stereocenters. The van der Waals surface area contributed by atoms with Gasteiger partial charge in [-0.25, -0.2) is 18.1 Å². The van der Waals surface area contributed by atoms with E-state index in [1.807, 2.05) is 6.92 Å². The van der Waals surface area contributed by atoms with Gasteiger partial charge in [0.2, 0.25) is 10.0 Å². The van der Waals surface area contributed by atoms with Crippen LogP contribution in [-0.4, -0.2) is 32.0 Å². The highest BCUT2D eigenvalue weighted by Gasteiger charge is 2.28. The van der Waals surface area contributed by atoms with Crippen molar-refractivity contribution in [1.29, 1.82) is 0 Å². The van der Waals surface area contributed by atoms with Crippen molar-refractivity contribution in [3.63, 3.8) is 0 Å². The third-order valence-electron chi connectivity index (χ3n) is 4.70. The second-order valence-corrected chi connectivity index (χ2v) is 10.1. The number of halogens is 2. The molecule has 2 N–H and O–H groups in total. The number of benzene rings is 2. The Labute approximate surface area is 187 Å². The molecule has 1 heterocycles. The lowest BCUT2D eigenvalue weighted by Crippen LogP contribution is -2.25. The SMILES string of the molecule is Cc1sc(NC(=O)c2ccc(S(=O)(=O)NC3CC3)cc2)nc1-c1ccc(OC(F)F)cc1. The number of rotatable bonds is 8. The summed E-state index contributed by atoms with van der Waals surface area (Å²) in [5.74, 6) is -0.381. The van der Waals surface area contributed by atoms with E-state index in [2.05, 4.69) is 19.8 Å². The van der Waals surface area contributed by atoms with Crippen LogP contribution >= 0.6 is 11.3 Å². The summed E-state index contributed by atoms with van der Waals surface area (Å²) in [6.45, 7) is -1.06. The lowest BCUT2D eigenvalue weighted by Gasteiger charge is -2.06. The minimum absolute atomic E-state index is 0.00153. The number of carbonyl (C=O) groups is 1. The molecule has 4 rings (SSSR count). The standard InChI is InChI=1S/C21H19F2N3O4S2/c1-12-18(13-2-8-16(9-3-13)30-20(22)23)24-21(31-12)25-19(27)14-4-10-17(11-5-14)32(28,29)26-15-6-7-15/h2-5,8-11,15,20,26H,6-7H2,1H3,(H,24,25,27). The van der Waals surface area contributed by atoms with Crippen LogP contribution in [-0.2, 0) is 10.0 Å². The quantitative estimate of drug-likeness (QED) is 0.499. The minimum Gasteiger partial charge on any atom is -0.435 e. The Morgan fingerprint density at radius 3 is 2.38 bits per heavy atom. The molecule has 0 unspecified atom stereocenters. The molecule has 1 aliphatic carbocycles. The van der Waals surface area contributed by atoms with Crippen LogP contribution in [0.5, 0.6) is 5.75 Å². The number of thiazole rings is 1. The van der Waals surface area contributed by atoms with Gasteiger partial charge in [-0.2, -0.15) is 8.78 Å². The van der Waals surface area contributed by atoms with Crippen molar-refractivity contribution >= 4 is 32.4 Å². The fourth-order valence-corrected chi connectivity index (χ4v) is 5.09. The van der Waals surface area contributed by atoms with E-state index < -0.39 is 22.5 Å². The summed E-state index contributed by atoms with van der Waals surface area (Å²) in [6.07, 6.45) is 1.67. The molecule has 32 heavy (non-hydrogen) atoms. The van der Waals surface area contributed by atoms with Crippen LogP contribution in [0.3, 0.4) is 0 Å². The van der Waals surface area contributed by atoms with Gasteiger partial charge >= 0.3 is 6.61 Å². The van der Waals surface area contributed by atoms with Gasteiger partial charge in [0.15, 0.2) is 5.13 Å². The molecule has 168 valence electrons. The molecule has 1 aromatic heterocycles. The average molecular weight is 480 g/mol. The first-order chi connectivity index (χ1) is 15.2. The van der Waals surface area contributed by atoms with Crippen molar-refractivity contribution in [2.45, 2.75) is 37.3 Å². The van der Waals surface area contributed by atoms with Crippen molar-refractivity contribution in [2.24, 2.45) is 0 Å². The van der Waals surface area contributed by atoms with E-state index >= 15 is 0 Å². The fraction of sp³-hybridized carbons (Fsp3) is 0.238. The highest BCUT2D eigenvalue weighted by Crippen LogP contribution is 2.32. The van der Waals surface area contributed by atoms with Gasteiger partial charge in [0, 0.05) is 22.0 Å². The number of aryl methyl sites for hydroxylation is 1. The second-order valence-electron chi connectivity index (χ2n) is 7.20. The summed E-state index contributed by atoms with van der Waals surface area (Å²) in [4.78, 5) is 17.9. The first-order valence-corrected chi connectivity index (χ1v) is 12.0. The van der Waals surface area contributed by atoms with Crippen LogP contribution in [0.2, 0.25) is 0 Å². The summed E-state index contributed by atoms with van der Waals surface area (Å²) >= 11 is 1.27. The molecule has 2 aromatic carbocycles. The number of alkyl halides is 2. The van der Waals surface area contributed by atoms with Crippen LogP contribution < -0.4 is 14.8 Å².